The third-order valence-corrected chi connectivity index (χ3v) is 3.67. The van der Waals surface area contributed by atoms with E-state index in [9.17, 15) is 4.79 Å². The number of anilines is 1. The molecule has 7 nitrogen and oxygen atoms in total. The van der Waals surface area contributed by atoms with E-state index in [0.717, 1.165) is 0 Å². The van der Waals surface area contributed by atoms with Crippen LogP contribution >= 0.6 is 0 Å². The second-order valence-electron chi connectivity index (χ2n) is 5.60. The first-order chi connectivity index (χ1) is 10.6. The Bertz CT molecular complexity index is 632. The smallest absolute Gasteiger partial charge is 0.318 e. The highest BCUT2D eigenvalue weighted by Crippen LogP contribution is 2.19. The van der Waals surface area contributed by atoms with E-state index in [1.165, 1.54) is 0 Å². The maximum Gasteiger partial charge on any atom is 0.318 e. The highest BCUT2D eigenvalue weighted by molar-refractivity contribution is 5.94. The molecule has 0 spiro atoms. The Kier molecular flexibility index (Phi) is 4.04. The quantitative estimate of drug-likeness (QED) is 0.856. The number of piperazine rings is 1. The van der Waals surface area contributed by atoms with Crippen LogP contribution in [0.25, 0.3) is 0 Å². The lowest BCUT2D eigenvalue weighted by Gasteiger charge is -2.33. The predicted octanol–water partition coefficient (Wildman–Crippen LogP) is 1.55. The number of pyridine rings is 1. The van der Waals surface area contributed by atoms with Gasteiger partial charge in [-0.25, -0.2) is 0 Å². The lowest BCUT2D eigenvalue weighted by atomic mass is 10.2. The van der Waals surface area contributed by atoms with Gasteiger partial charge in [-0.05, 0) is 12.1 Å². The van der Waals surface area contributed by atoms with Crippen molar-refractivity contribution in [2.75, 3.05) is 31.1 Å². The van der Waals surface area contributed by atoms with Crippen LogP contribution in [-0.4, -0.2) is 52.2 Å². The first kappa shape index (κ1) is 14.5. The molecule has 22 heavy (non-hydrogen) atoms. The third kappa shape index (κ3) is 2.93. The van der Waals surface area contributed by atoms with Gasteiger partial charge in [-0.1, -0.05) is 18.9 Å². The molecule has 1 amide bonds. The van der Waals surface area contributed by atoms with Gasteiger partial charge < -0.3 is 14.2 Å². The molecule has 3 heterocycles. The SMILES string of the molecule is CC(C)c1nnc(N2CCN(C(=O)c3cccnc3)CC2)o1. The van der Waals surface area contributed by atoms with Gasteiger partial charge in [0.1, 0.15) is 0 Å². The Morgan fingerprint density at radius 2 is 2.00 bits per heavy atom. The van der Waals surface area contributed by atoms with Gasteiger partial charge in [0.25, 0.3) is 5.91 Å². The molecule has 0 saturated carbocycles. The molecule has 7 heteroatoms. The molecule has 2 aromatic rings. The predicted molar refractivity (Wildman–Crippen MR) is 80.7 cm³/mol. The average molecular weight is 301 g/mol. The van der Waals surface area contributed by atoms with Gasteiger partial charge in [0.2, 0.25) is 5.89 Å². The molecule has 1 aliphatic heterocycles. The Balaban J connectivity index is 1.61. The first-order valence-electron chi connectivity index (χ1n) is 7.43. The highest BCUT2D eigenvalue weighted by atomic mass is 16.4. The summed E-state index contributed by atoms with van der Waals surface area (Å²) in [7, 11) is 0. The third-order valence-electron chi connectivity index (χ3n) is 3.67. The van der Waals surface area contributed by atoms with Crippen molar-refractivity contribution in [2.45, 2.75) is 19.8 Å². The van der Waals surface area contributed by atoms with Crippen LogP contribution in [0, 0.1) is 0 Å². The fourth-order valence-corrected chi connectivity index (χ4v) is 2.36. The minimum absolute atomic E-state index is 0.0150. The molecule has 0 atom stereocenters. The molecule has 3 rings (SSSR count). The summed E-state index contributed by atoms with van der Waals surface area (Å²) in [6.45, 7) is 6.67. The minimum Gasteiger partial charge on any atom is -0.408 e. The number of amides is 1. The van der Waals surface area contributed by atoms with Gasteiger partial charge in [-0.2, -0.15) is 0 Å². The van der Waals surface area contributed by atoms with Crippen molar-refractivity contribution in [1.82, 2.24) is 20.1 Å². The van der Waals surface area contributed by atoms with Crippen molar-refractivity contribution >= 4 is 11.9 Å². The largest absolute Gasteiger partial charge is 0.408 e. The fraction of sp³-hybridized carbons (Fsp3) is 0.467. The summed E-state index contributed by atoms with van der Waals surface area (Å²) < 4.78 is 5.66. The Morgan fingerprint density at radius 1 is 1.23 bits per heavy atom. The molecular formula is C15H19N5O2. The molecule has 0 N–H and O–H groups in total. The standard InChI is InChI=1S/C15H19N5O2/c1-11(2)13-17-18-15(22-13)20-8-6-19(7-9-20)14(21)12-4-3-5-16-10-12/h3-5,10-11H,6-9H2,1-2H3. The van der Waals surface area contributed by atoms with E-state index in [0.29, 0.717) is 43.6 Å². The highest BCUT2D eigenvalue weighted by Gasteiger charge is 2.25. The second kappa shape index (κ2) is 6.13. The van der Waals surface area contributed by atoms with E-state index in [2.05, 4.69) is 15.2 Å². The van der Waals surface area contributed by atoms with E-state index in [4.69, 9.17) is 4.42 Å². The summed E-state index contributed by atoms with van der Waals surface area (Å²) in [6.07, 6.45) is 3.26. The van der Waals surface area contributed by atoms with Crippen molar-refractivity contribution in [3.63, 3.8) is 0 Å². The maximum absolute atomic E-state index is 12.4. The number of hydrogen-bond donors (Lipinski definition) is 0. The molecule has 2 aromatic heterocycles. The van der Waals surface area contributed by atoms with Gasteiger partial charge in [-0.3, -0.25) is 9.78 Å². The average Bonchev–Trinajstić information content (AvgIpc) is 3.05. The monoisotopic (exact) mass is 301 g/mol. The summed E-state index contributed by atoms with van der Waals surface area (Å²) in [4.78, 5) is 20.2. The summed E-state index contributed by atoms with van der Waals surface area (Å²) in [5, 5.41) is 8.13. The summed E-state index contributed by atoms with van der Waals surface area (Å²) >= 11 is 0. The molecule has 0 aromatic carbocycles. The number of aromatic nitrogens is 3. The van der Waals surface area contributed by atoms with Crippen LogP contribution in [0.1, 0.15) is 36.0 Å². The van der Waals surface area contributed by atoms with Crippen LogP contribution in [0.4, 0.5) is 6.01 Å². The minimum atomic E-state index is 0.0150. The van der Waals surface area contributed by atoms with Crippen molar-refractivity contribution in [3.05, 3.63) is 36.0 Å². The zero-order valence-corrected chi connectivity index (χ0v) is 12.8. The van der Waals surface area contributed by atoms with Gasteiger partial charge in [0.15, 0.2) is 0 Å². The summed E-state index contributed by atoms with van der Waals surface area (Å²) in [6, 6.07) is 4.10. The van der Waals surface area contributed by atoms with Gasteiger partial charge >= 0.3 is 6.01 Å². The molecule has 0 aliphatic carbocycles. The van der Waals surface area contributed by atoms with Gasteiger partial charge in [0.05, 0.1) is 5.56 Å². The molecule has 0 bridgehead atoms. The normalized spacial score (nSPS) is 15.4. The number of carbonyl (C=O) groups is 1. The van der Waals surface area contributed by atoms with Crippen LogP contribution < -0.4 is 4.90 Å². The van der Waals surface area contributed by atoms with Crippen LogP contribution in [0.15, 0.2) is 28.9 Å². The van der Waals surface area contributed by atoms with Crippen LogP contribution in [0.3, 0.4) is 0 Å². The van der Waals surface area contributed by atoms with Crippen molar-refractivity contribution in [1.29, 1.82) is 0 Å². The number of hydrogen-bond acceptors (Lipinski definition) is 6. The molecule has 1 saturated heterocycles. The Morgan fingerprint density at radius 3 is 2.59 bits per heavy atom. The molecule has 116 valence electrons. The second-order valence-corrected chi connectivity index (χ2v) is 5.60. The van der Waals surface area contributed by atoms with Crippen LogP contribution in [0.2, 0.25) is 0 Å². The van der Waals surface area contributed by atoms with Crippen molar-refractivity contribution < 1.29 is 9.21 Å². The topological polar surface area (TPSA) is 75.4 Å². The lowest BCUT2D eigenvalue weighted by molar-refractivity contribution is 0.0744. The Labute approximate surface area is 129 Å². The zero-order valence-electron chi connectivity index (χ0n) is 12.8. The van der Waals surface area contributed by atoms with Crippen LogP contribution in [0.5, 0.6) is 0 Å². The van der Waals surface area contributed by atoms with E-state index >= 15 is 0 Å². The number of rotatable bonds is 3. The van der Waals surface area contributed by atoms with Crippen LogP contribution in [-0.2, 0) is 0 Å². The number of nitrogens with zero attached hydrogens (tertiary/aromatic N) is 5. The molecule has 1 aliphatic rings. The van der Waals surface area contributed by atoms with Gasteiger partial charge in [-0.15, -0.1) is 5.10 Å². The molecule has 1 fully saturated rings. The molecule has 0 radical (unpaired) electrons. The first-order valence-corrected chi connectivity index (χ1v) is 7.43. The Hall–Kier alpha value is -2.44. The summed E-state index contributed by atoms with van der Waals surface area (Å²) in [5.41, 5.74) is 0.621. The number of carbonyl (C=O) groups excluding carboxylic acids is 1. The summed E-state index contributed by atoms with van der Waals surface area (Å²) in [5.74, 6) is 0.875. The maximum atomic E-state index is 12.4. The van der Waals surface area contributed by atoms with E-state index < -0.39 is 0 Å². The van der Waals surface area contributed by atoms with Crippen molar-refractivity contribution in [2.24, 2.45) is 0 Å². The zero-order chi connectivity index (χ0) is 15.5. The molecular weight excluding hydrogens is 282 g/mol. The molecule has 0 unspecified atom stereocenters. The fourth-order valence-electron chi connectivity index (χ4n) is 2.36. The lowest BCUT2D eigenvalue weighted by Crippen LogP contribution is -2.49. The van der Waals surface area contributed by atoms with Gasteiger partial charge in [0, 0.05) is 44.5 Å². The van der Waals surface area contributed by atoms with E-state index in [1.807, 2.05) is 23.6 Å². The van der Waals surface area contributed by atoms with E-state index in [1.54, 1.807) is 24.5 Å². The van der Waals surface area contributed by atoms with E-state index in [-0.39, 0.29) is 11.8 Å². The van der Waals surface area contributed by atoms with Crippen molar-refractivity contribution in [3.8, 4) is 0 Å².